The molecule has 0 spiro atoms. The molecule has 1 saturated carbocycles. The Balaban J connectivity index is 0.993. The van der Waals surface area contributed by atoms with Gasteiger partial charge in [-0.2, -0.15) is 0 Å². The van der Waals surface area contributed by atoms with E-state index in [0.717, 1.165) is 56.8 Å². The third-order valence-corrected chi connectivity index (χ3v) is 13.2. The van der Waals surface area contributed by atoms with Crippen molar-refractivity contribution in [1.29, 1.82) is 0 Å². The fraction of sp³-hybridized carbons (Fsp3) is 0.360. The van der Waals surface area contributed by atoms with Gasteiger partial charge in [0, 0.05) is 51.4 Å². The van der Waals surface area contributed by atoms with E-state index in [1.165, 1.54) is 76.6 Å². The van der Waals surface area contributed by atoms with Crippen LogP contribution in [0.4, 0.5) is 5.69 Å². The second-order valence-electron chi connectivity index (χ2n) is 16.4. The quantitative estimate of drug-likeness (QED) is 0.287. The van der Waals surface area contributed by atoms with Gasteiger partial charge < -0.3 is 9.80 Å². The number of allylic oxidation sites excluding steroid dienone is 17. The molecule has 5 atom stereocenters. The molecule has 9 rings (SSSR count). The third-order valence-electron chi connectivity index (χ3n) is 13.2. The Morgan fingerprint density at radius 1 is 0.769 bits per heavy atom. The Bertz CT molecular complexity index is 2000. The summed E-state index contributed by atoms with van der Waals surface area (Å²) in [7, 11) is 0. The molecule has 1 saturated heterocycles. The van der Waals surface area contributed by atoms with Crippen LogP contribution >= 0.6 is 0 Å². The van der Waals surface area contributed by atoms with Crippen LogP contribution in [0.25, 0.3) is 5.57 Å². The van der Waals surface area contributed by atoms with Crippen LogP contribution in [-0.4, -0.2) is 4.90 Å². The molecule has 0 N–H and O–H groups in total. The van der Waals surface area contributed by atoms with Gasteiger partial charge in [0.15, 0.2) is 0 Å². The maximum Gasteiger partial charge on any atom is 0.0461 e. The lowest BCUT2D eigenvalue weighted by Gasteiger charge is -2.38. The highest BCUT2D eigenvalue weighted by Gasteiger charge is 2.52. The molecule has 1 aliphatic heterocycles. The van der Waals surface area contributed by atoms with Crippen molar-refractivity contribution in [3.63, 3.8) is 0 Å². The van der Waals surface area contributed by atoms with E-state index in [1.807, 2.05) is 0 Å². The normalized spacial score (nSPS) is 29.5. The number of likely N-dealkylation sites (tertiary alicyclic amines) is 1. The summed E-state index contributed by atoms with van der Waals surface area (Å²) in [6, 6.07) is 20.5. The zero-order valence-corrected chi connectivity index (χ0v) is 31.2. The molecule has 6 aliphatic carbocycles. The fourth-order valence-corrected chi connectivity index (χ4v) is 10.2. The Morgan fingerprint density at radius 2 is 1.58 bits per heavy atom. The number of fused-ring (bicyclic) bond motifs is 3. The molecular formula is C50H54N2. The number of nitrogens with zero attached hydrogens (tertiary/aromatic N) is 2. The highest BCUT2D eigenvalue weighted by Crippen LogP contribution is 2.60. The molecule has 0 radical (unpaired) electrons. The summed E-state index contributed by atoms with van der Waals surface area (Å²) < 4.78 is 0. The molecule has 2 heteroatoms. The van der Waals surface area contributed by atoms with Gasteiger partial charge in [-0.1, -0.05) is 130 Å². The van der Waals surface area contributed by atoms with E-state index in [-0.39, 0.29) is 5.41 Å². The first-order chi connectivity index (χ1) is 25.6. The second kappa shape index (κ2) is 14.1. The van der Waals surface area contributed by atoms with Gasteiger partial charge in [0.1, 0.15) is 0 Å². The average molecular weight is 683 g/mol. The van der Waals surface area contributed by atoms with Gasteiger partial charge in [-0.3, -0.25) is 0 Å². The topological polar surface area (TPSA) is 6.48 Å². The van der Waals surface area contributed by atoms with E-state index in [9.17, 15) is 0 Å². The maximum atomic E-state index is 2.63. The van der Waals surface area contributed by atoms with Crippen LogP contribution in [0.15, 0.2) is 168 Å². The molecule has 7 aliphatic rings. The van der Waals surface area contributed by atoms with Crippen LogP contribution in [0.1, 0.15) is 102 Å². The van der Waals surface area contributed by atoms with Crippen LogP contribution in [0.3, 0.4) is 0 Å². The van der Waals surface area contributed by atoms with Crippen molar-refractivity contribution in [2.24, 2.45) is 23.2 Å². The van der Waals surface area contributed by atoms with Crippen molar-refractivity contribution in [2.45, 2.75) is 90.4 Å². The van der Waals surface area contributed by atoms with Crippen LogP contribution in [-0.2, 0) is 0 Å². The van der Waals surface area contributed by atoms with Gasteiger partial charge in [0.2, 0.25) is 0 Å². The summed E-state index contributed by atoms with van der Waals surface area (Å²) in [6.45, 7) is 4.99. The maximum absolute atomic E-state index is 2.63. The highest BCUT2D eigenvalue weighted by molar-refractivity contribution is 5.72. The summed E-state index contributed by atoms with van der Waals surface area (Å²) in [5.41, 5.74) is 13.9. The van der Waals surface area contributed by atoms with Crippen molar-refractivity contribution in [3.8, 4) is 0 Å². The summed E-state index contributed by atoms with van der Waals surface area (Å²) in [4.78, 5) is 5.10. The lowest BCUT2D eigenvalue weighted by molar-refractivity contribution is 0.296. The molecule has 0 amide bonds. The van der Waals surface area contributed by atoms with Crippen molar-refractivity contribution < 1.29 is 0 Å². The van der Waals surface area contributed by atoms with Crippen LogP contribution in [0.5, 0.6) is 0 Å². The van der Waals surface area contributed by atoms with Gasteiger partial charge in [-0.15, -0.1) is 0 Å². The molecular weight excluding hydrogens is 629 g/mol. The first kappa shape index (κ1) is 33.3. The predicted molar refractivity (Wildman–Crippen MR) is 219 cm³/mol. The molecule has 1 heterocycles. The van der Waals surface area contributed by atoms with E-state index in [1.54, 1.807) is 5.57 Å². The average Bonchev–Trinajstić information content (AvgIpc) is 3.47. The molecule has 0 bridgehead atoms. The molecule has 2 aromatic carbocycles. The zero-order valence-electron chi connectivity index (χ0n) is 31.2. The lowest BCUT2D eigenvalue weighted by Crippen LogP contribution is -2.31. The summed E-state index contributed by atoms with van der Waals surface area (Å²) in [5, 5.41) is 0. The van der Waals surface area contributed by atoms with Crippen molar-refractivity contribution in [3.05, 3.63) is 179 Å². The van der Waals surface area contributed by atoms with Crippen molar-refractivity contribution in [2.75, 3.05) is 4.90 Å². The van der Waals surface area contributed by atoms with Gasteiger partial charge in [0.25, 0.3) is 0 Å². The van der Waals surface area contributed by atoms with Gasteiger partial charge >= 0.3 is 0 Å². The van der Waals surface area contributed by atoms with Crippen molar-refractivity contribution >= 4 is 11.3 Å². The Morgan fingerprint density at radius 3 is 2.31 bits per heavy atom. The van der Waals surface area contributed by atoms with E-state index >= 15 is 0 Å². The largest absolute Gasteiger partial charge is 0.317 e. The van der Waals surface area contributed by atoms with E-state index in [0.29, 0.717) is 11.8 Å². The number of para-hydroxylation sites is 1. The van der Waals surface area contributed by atoms with E-state index < -0.39 is 0 Å². The molecule has 2 aromatic rings. The molecule has 0 aromatic heterocycles. The SMILES string of the molecule is CC1CCCCC1C1=CCC(c2ccc(C3=CC=C4C(C3)C3(C)CC=C(N(C5=CCCC=C5)c5ccccc5)C=C3N4C3=CCCC=C3)cc2)C=C1. The highest BCUT2D eigenvalue weighted by atomic mass is 15.2. The van der Waals surface area contributed by atoms with Gasteiger partial charge in [0.05, 0.1) is 0 Å². The molecule has 52 heavy (non-hydrogen) atoms. The minimum Gasteiger partial charge on any atom is -0.317 e. The summed E-state index contributed by atoms with van der Waals surface area (Å²) in [5.74, 6) is 2.48. The Hall–Kier alpha value is -4.56. The van der Waals surface area contributed by atoms with Crippen LogP contribution < -0.4 is 4.90 Å². The Labute approximate surface area is 312 Å². The molecule has 264 valence electrons. The molecule has 2 fully saturated rings. The molecule has 2 nitrogen and oxygen atoms in total. The van der Waals surface area contributed by atoms with Crippen molar-refractivity contribution in [1.82, 2.24) is 4.90 Å². The van der Waals surface area contributed by atoms with Gasteiger partial charge in [-0.25, -0.2) is 0 Å². The number of anilines is 1. The van der Waals surface area contributed by atoms with Crippen LogP contribution in [0, 0.1) is 23.2 Å². The first-order valence-electron chi connectivity index (χ1n) is 20.3. The lowest BCUT2D eigenvalue weighted by atomic mass is 9.68. The molecule has 5 unspecified atom stereocenters. The Kier molecular flexibility index (Phi) is 9.03. The van der Waals surface area contributed by atoms with E-state index in [4.69, 9.17) is 0 Å². The first-order valence-corrected chi connectivity index (χ1v) is 20.3. The monoisotopic (exact) mass is 682 g/mol. The second-order valence-corrected chi connectivity index (χ2v) is 16.4. The van der Waals surface area contributed by atoms with E-state index in [2.05, 4.69) is 157 Å². The minimum atomic E-state index is 0.00676. The number of rotatable bonds is 7. The zero-order chi connectivity index (χ0) is 35.1. The van der Waals surface area contributed by atoms with Gasteiger partial charge in [-0.05, 0) is 122 Å². The van der Waals surface area contributed by atoms with Crippen LogP contribution in [0.2, 0.25) is 0 Å². The standard InChI is InChI=1S/C50H54N2/c1-36-14-12-13-21-46(36)40-28-26-38(27-29-40)37-22-24-39(25-23-37)41-30-31-48-47(34-41)50(2)33-32-45(35-49(50)52(48)44-19-10-5-11-20-44)51(42-15-6-3-7-16-42)43-17-8-4-9-18-43/h3,6-8,10,15-20,22-26,28-32,35-36,38,46-47H,4-5,9,11-14,21,27,33-34H2,1-2H3. The summed E-state index contributed by atoms with van der Waals surface area (Å²) >= 11 is 0. The fourth-order valence-electron chi connectivity index (χ4n) is 10.2. The summed E-state index contributed by atoms with van der Waals surface area (Å²) in [6.07, 6.45) is 44.8. The minimum absolute atomic E-state index is 0.00676. The number of benzene rings is 2. The number of hydrogen-bond donors (Lipinski definition) is 0. The smallest absolute Gasteiger partial charge is 0.0461 e. The third kappa shape index (κ3) is 6.09. The number of hydrogen-bond acceptors (Lipinski definition) is 2. The predicted octanol–water partition coefficient (Wildman–Crippen LogP) is 13.2.